The topological polar surface area (TPSA) is 66.0 Å². The largest absolute Gasteiger partial charge is 0.332 e. The quantitative estimate of drug-likeness (QED) is 0.159. The lowest BCUT2D eigenvalue weighted by molar-refractivity contribution is -0.115. The van der Waals surface area contributed by atoms with Gasteiger partial charge in [0.1, 0.15) is 0 Å². The summed E-state index contributed by atoms with van der Waals surface area (Å²) in [5, 5.41) is 12.3. The molecule has 1 heterocycles. The van der Waals surface area contributed by atoms with Gasteiger partial charge in [-0.05, 0) is 62.8 Å². The first kappa shape index (κ1) is 25.9. The molecule has 1 atom stereocenters. The molecule has 1 amide bonds. The highest BCUT2D eigenvalue weighted by Crippen LogP contribution is 2.30. The monoisotopic (exact) mass is 532 g/mol. The molecule has 1 unspecified atom stereocenters. The highest BCUT2D eigenvalue weighted by Gasteiger charge is 2.20. The third kappa shape index (κ3) is 7.16. The minimum Gasteiger partial charge on any atom is -0.332 e. The van der Waals surface area contributed by atoms with Crippen molar-refractivity contribution in [2.45, 2.75) is 37.3 Å². The van der Waals surface area contributed by atoms with E-state index in [1.54, 1.807) is 0 Å². The summed E-state index contributed by atoms with van der Waals surface area (Å²) in [5.41, 5.74) is 6.10. The predicted octanol–water partition coefficient (Wildman–Crippen LogP) is 7.75. The molecular weight excluding hydrogens is 505 g/mol. The van der Waals surface area contributed by atoms with Gasteiger partial charge < -0.3 is 16.0 Å². The summed E-state index contributed by atoms with van der Waals surface area (Å²) in [7, 11) is 0. The van der Waals surface area contributed by atoms with Crippen LogP contribution in [0.5, 0.6) is 0 Å². The van der Waals surface area contributed by atoms with Crippen LogP contribution < -0.4 is 16.0 Å². The second-order valence-electron chi connectivity index (χ2n) is 8.38. The minimum atomic E-state index is -0.246. The van der Waals surface area contributed by atoms with Gasteiger partial charge in [0.15, 0.2) is 10.2 Å². The van der Waals surface area contributed by atoms with Crippen LogP contribution in [0.3, 0.4) is 0 Å². The Balaban J connectivity index is 1.35. The number of hydrogen-bond acceptors (Lipinski definition) is 5. The van der Waals surface area contributed by atoms with Crippen LogP contribution in [0.1, 0.15) is 24.5 Å². The maximum absolute atomic E-state index is 13.0. The number of aryl methyl sites for hydroxylation is 2. The molecule has 4 aromatic rings. The molecule has 0 aliphatic heterocycles. The van der Waals surface area contributed by atoms with Crippen molar-refractivity contribution < 1.29 is 4.79 Å². The van der Waals surface area contributed by atoms with Gasteiger partial charge in [-0.3, -0.25) is 4.79 Å². The fourth-order valence-electron chi connectivity index (χ4n) is 3.44. The lowest BCUT2D eigenvalue weighted by Crippen LogP contribution is -2.24. The molecule has 0 aliphatic rings. The summed E-state index contributed by atoms with van der Waals surface area (Å²) < 4.78 is 0. The smallest absolute Gasteiger partial charge is 0.239 e. The Kier molecular flexibility index (Phi) is 8.74. The standard InChI is InChI=1S/C28H28N4OS3/c1-4-25(26(33)32-28-31-24(17-35-28)20-12-8-18(2)9-13-20)36-23-7-5-6-22(16-23)30-27(34)29-21-14-10-19(3)11-15-21/h5-17,25H,4H2,1-3H3,(H2,29,30,34)(H,31,32,33). The van der Waals surface area contributed by atoms with Crippen LogP contribution in [0, 0.1) is 13.8 Å². The molecule has 36 heavy (non-hydrogen) atoms. The molecule has 0 saturated carbocycles. The summed E-state index contributed by atoms with van der Waals surface area (Å²) in [4.78, 5) is 18.6. The van der Waals surface area contributed by atoms with E-state index in [1.165, 1.54) is 34.2 Å². The minimum absolute atomic E-state index is 0.0535. The van der Waals surface area contributed by atoms with Gasteiger partial charge in [-0.25, -0.2) is 4.98 Å². The van der Waals surface area contributed by atoms with Crippen LogP contribution in [0.15, 0.2) is 83.1 Å². The van der Waals surface area contributed by atoms with Crippen LogP contribution in [-0.2, 0) is 4.79 Å². The molecule has 184 valence electrons. The normalized spacial score (nSPS) is 11.5. The second kappa shape index (κ2) is 12.2. The average Bonchev–Trinajstić information content (AvgIpc) is 3.33. The SMILES string of the molecule is CCC(Sc1cccc(NC(=S)Nc2ccc(C)cc2)c1)C(=O)Nc1nc(-c2ccc(C)cc2)cs1. The van der Waals surface area contributed by atoms with Crippen LogP contribution in [0.2, 0.25) is 0 Å². The van der Waals surface area contributed by atoms with Crippen LogP contribution in [0.25, 0.3) is 11.3 Å². The van der Waals surface area contributed by atoms with Gasteiger partial charge >= 0.3 is 0 Å². The zero-order valence-corrected chi connectivity index (χ0v) is 22.8. The van der Waals surface area contributed by atoms with Crippen molar-refractivity contribution in [2.75, 3.05) is 16.0 Å². The van der Waals surface area contributed by atoms with Gasteiger partial charge in [0.2, 0.25) is 5.91 Å². The van der Waals surface area contributed by atoms with Crippen molar-refractivity contribution in [2.24, 2.45) is 0 Å². The van der Waals surface area contributed by atoms with Crippen molar-refractivity contribution in [1.29, 1.82) is 0 Å². The number of thiocarbonyl (C=S) groups is 1. The summed E-state index contributed by atoms with van der Waals surface area (Å²) >= 11 is 8.43. The van der Waals surface area contributed by atoms with Crippen molar-refractivity contribution in [3.8, 4) is 11.3 Å². The van der Waals surface area contributed by atoms with Crippen LogP contribution >= 0.6 is 35.3 Å². The Hall–Kier alpha value is -3.20. The lowest BCUT2D eigenvalue weighted by Gasteiger charge is -2.15. The number of carbonyl (C=O) groups excluding carboxylic acids is 1. The number of nitrogens with zero attached hydrogens (tertiary/aromatic N) is 1. The van der Waals surface area contributed by atoms with E-state index < -0.39 is 0 Å². The Bertz CT molecular complexity index is 1330. The summed E-state index contributed by atoms with van der Waals surface area (Å²) in [5.74, 6) is -0.0535. The van der Waals surface area contributed by atoms with Crippen molar-refractivity contribution in [3.63, 3.8) is 0 Å². The number of nitrogens with one attached hydrogen (secondary N) is 3. The Morgan fingerprint density at radius 2 is 1.61 bits per heavy atom. The number of aromatic nitrogens is 1. The van der Waals surface area contributed by atoms with E-state index in [0.29, 0.717) is 16.7 Å². The third-order valence-corrected chi connectivity index (χ3v) is 7.74. The number of hydrogen-bond donors (Lipinski definition) is 3. The maximum atomic E-state index is 13.0. The Morgan fingerprint density at radius 3 is 2.31 bits per heavy atom. The van der Waals surface area contributed by atoms with E-state index >= 15 is 0 Å². The molecule has 5 nitrogen and oxygen atoms in total. The zero-order valence-electron chi connectivity index (χ0n) is 20.4. The molecule has 8 heteroatoms. The number of anilines is 3. The van der Waals surface area contributed by atoms with E-state index in [1.807, 2.05) is 79.9 Å². The fourth-order valence-corrected chi connectivity index (χ4v) is 5.41. The number of thiazole rings is 1. The predicted molar refractivity (Wildman–Crippen MR) is 158 cm³/mol. The summed E-state index contributed by atoms with van der Waals surface area (Å²) in [6.07, 6.45) is 0.692. The number of amides is 1. The molecule has 0 bridgehead atoms. The Morgan fingerprint density at radius 1 is 0.944 bits per heavy atom. The highest BCUT2D eigenvalue weighted by molar-refractivity contribution is 8.00. The Labute approximate surface area is 225 Å². The van der Waals surface area contributed by atoms with E-state index in [2.05, 4.69) is 40.0 Å². The van der Waals surface area contributed by atoms with Crippen LogP contribution in [-0.4, -0.2) is 21.3 Å². The molecule has 0 saturated heterocycles. The molecule has 0 fully saturated rings. The molecular formula is C28H28N4OS3. The molecule has 1 aromatic heterocycles. The van der Waals surface area contributed by atoms with Gasteiger partial charge in [0.05, 0.1) is 10.9 Å². The first-order chi connectivity index (χ1) is 17.4. The lowest BCUT2D eigenvalue weighted by atomic mass is 10.1. The first-order valence-corrected chi connectivity index (χ1v) is 13.8. The van der Waals surface area contributed by atoms with Crippen LogP contribution in [0.4, 0.5) is 16.5 Å². The van der Waals surface area contributed by atoms with E-state index in [9.17, 15) is 4.79 Å². The van der Waals surface area contributed by atoms with E-state index in [4.69, 9.17) is 12.2 Å². The summed E-state index contributed by atoms with van der Waals surface area (Å²) in [6, 6.07) is 24.2. The average molecular weight is 533 g/mol. The van der Waals surface area contributed by atoms with E-state index in [0.717, 1.165) is 27.5 Å². The first-order valence-electron chi connectivity index (χ1n) is 11.6. The third-order valence-electron chi connectivity index (χ3n) is 5.42. The number of thioether (sulfide) groups is 1. The molecule has 3 aromatic carbocycles. The number of carbonyl (C=O) groups is 1. The molecule has 0 spiro atoms. The van der Waals surface area contributed by atoms with Gasteiger partial charge in [0, 0.05) is 27.2 Å². The molecule has 4 rings (SSSR count). The van der Waals surface area contributed by atoms with Gasteiger partial charge in [0.25, 0.3) is 0 Å². The summed E-state index contributed by atoms with van der Waals surface area (Å²) in [6.45, 7) is 6.12. The molecule has 0 aliphatic carbocycles. The maximum Gasteiger partial charge on any atom is 0.239 e. The van der Waals surface area contributed by atoms with Gasteiger partial charge in [-0.1, -0.05) is 60.5 Å². The highest BCUT2D eigenvalue weighted by atomic mass is 32.2. The fraction of sp³-hybridized carbons (Fsp3) is 0.179. The zero-order chi connectivity index (χ0) is 25.5. The molecule has 0 radical (unpaired) electrons. The molecule has 3 N–H and O–H groups in total. The second-order valence-corrected chi connectivity index (χ2v) is 10.9. The van der Waals surface area contributed by atoms with Gasteiger partial charge in [-0.15, -0.1) is 23.1 Å². The number of benzene rings is 3. The van der Waals surface area contributed by atoms with Crippen molar-refractivity contribution in [1.82, 2.24) is 4.98 Å². The number of rotatable bonds is 8. The van der Waals surface area contributed by atoms with E-state index in [-0.39, 0.29) is 11.2 Å². The van der Waals surface area contributed by atoms with Gasteiger partial charge in [-0.2, -0.15) is 0 Å². The van der Waals surface area contributed by atoms with Crippen molar-refractivity contribution in [3.05, 3.63) is 89.3 Å². The van der Waals surface area contributed by atoms with Crippen molar-refractivity contribution >= 4 is 62.8 Å².